The van der Waals surface area contributed by atoms with Crippen molar-refractivity contribution in [1.29, 1.82) is 0 Å². The van der Waals surface area contributed by atoms with Gasteiger partial charge in [-0.3, -0.25) is 0 Å². The van der Waals surface area contributed by atoms with E-state index in [1.807, 2.05) is 0 Å². The smallest absolute Gasteiger partial charge is 0.335 e. The van der Waals surface area contributed by atoms with Crippen LogP contribution in [-0.2, 0) is 6.54 Å². The van der Waals surface area contributed by atoms with Gasteiger partial charge in [0.05, 0.1) is 5.56 Å². The van der Waals surface area contributed by atoms with Crippen molar-refractivity contribution in [3.05, 3.63) is 35.1 Å². The summed E-state index contributed by atoms with van der Waals surface area (Å²) >= 11 is 0. The van der Waals surface area contributed by atoms with Crippen molar-refractivity contribution >= 4 is 5.97 Å². The van der Waals surface area contributed by atoms with Crippen LogP contribution < -0.4 is 5.32 Å². The van der Waals surface area contributed by atoms with E-state index in [4.69, 9.17) is 5.11 Å². The number of hydrogen-bond donors (Lipinski definition) is 2. The molecule has 0 atom stereocenters. The molecule has 0 unspecified atom stereocenters. The third-order valence-electron chi connectivity index (χ3n) is 3.97. The summed E-state index contributed by atoms with van der Waals surface area (Å²) in [6.45, 7) is 3.48. The fourth-order valence-electron chi connectivity index (χ4n) is 2.75. The van der Waals surface area contributed by atoms with E-state index in [1.165, 1.54) is 43.9 Å². The van der Waals surface area contributed by atoms with Gasteiger partial charge in [0.15, 0.2) is 0 Å². The minimum Gasteiger partial charge on any atom is -0.478 e. The summed E-state index contributed by atoms with van der Waals surface area (Å²) in [6, 6.07) is 3.92. The molecule has 104 valence electrons. The van der Waals surface area contributed by atoms with E-state index < -0.39 is 5.97 Å². The molecule has 2 N–H and O–H groups in total. The molecule has 1 aromatic carbocycles. The predicted molar refractivity (Wildman–Crippen MR) is 71.6 cm³/mol. The maximum absolute atomic E-state index is 13.6. The summed E-state index contributed by atoms with van der Waals surface area (Å²) in [7, 11) is 0. The Labute approximate surface area is 112 Å². The van der Waals surface area contributed by atoms with Gasteiger partial charge < -0.3 is 10.4 Å². The summed E-state index contributed by atoms with van der Waals surface area (Å²) in [5.74, 6) is -1.38. The van der Waals surface area contributed by atoms with Crippen LogP contribution in [0.25, 0.3) is 0 Å². The molecular formula is C15H20FNO2. The number of carboxylic acid groups (broad SMARTS) is 1. The van der Waals surface area contributed by atoms with Crippen molar-refractivity contribution in [2.45, 2.75) is 39.2 Å². The van der Waals surface area contributed by atoms with Crippen LogP contribution in [-0.4, -0.2) is 17.6 Å². The molecule has 0 aromatic heterocycles. The lowest BCUT2D eigenvalue weighted by Crippen LogP contribution is -2.29. The molecule has 19 heavy (non-hydrogen) atoms. The Morgan fingerprint density at radius 3 is 2.74 bits per heavy atom. The molecule has 1 fully saturated rings. The first-order valence-corrected chi connectivity index (χ1v) is 6.73. The minimum atomic E-state index is -1.02. The van der Waals surface area contributed by atoms with Gasteiger partial charge in [0.25, 0.3) is 0 Å². The SMILES string of the molecule is CC1(CNCc2cc(C(=O)O)ccc2F)CCCC1. The zero-order chi connectivity index (χ0) is 13.9. The molecule has 0 bridgehead atoms. The fraction of sp³-hybridized carbons (Fsp3) is 0.533. The van der Waals surface area contributed by atoms with Crippen LogP contribution >= 0.6 is 0 Å². The Morgan fingerprint density at radius 1 is 1.42 bits per heavy atom. The lowest BCUT2D eigenvalue weighted by molar-refractivity contribution is 0.0696. The molecule has 1 saturated carbocycles. The van der Waals surface area contributed by atoms with Gasteiger partial charge in [-0.2, -0.15) is 0 Å². The van der Waals surface area contributed by atoms with Gasteiger partial charge in [-0.25, -0.2) is 9.18 Å². The summed E-state index contributed by atoms with van der Waals surface area (Å²) < 4.78 is 13.6. The molecule has 0 saturated heterocycles. The largest absolute Gasteiger partial charge is 0.478 e. The van der Waals surface area contributed by atoms with Crippen LogP contribution in [0.4, 0.5) is 4.39 Å². The fourth-order valence-corrected chi connectivity index (χ4v) is 2.75. The second kappa shape index (κ2) is 5.70. The minimum absolute atomic E-state index is 0.130. The topological polar surface area (TPSA) is 49.3 Å². The number of halogens is 1. The van der Waals surface area contributed by atoms with Gasteiger partial charge in [0.1, 0.15) is 5.82 Å². The van der Waals surface area contributed by atoms with Gasteiger partial charge in [0.2, 0.25) is 0 Å². The highest BCUT2D eigenvalue weighted by atomic mass is 19.1. The van der Waals surface area contributed by atoms with E-state index >= 15 is 0 Å². The van der Waals surface area contributed by atoms with Crippen LogP contribution in [0, 0.1) is 11.2 Å². The molecule has 1 aliphatic carbocycles. The first-order chi connectivity index (χ1) is 9.00. The third-order valence-corrected chi connectivity index (χ3v) is 3.97. The number of hydrogen-bond acceptors (Lipinski definition) is 2. The van der Waals surface area contributed by atoms with E-state index in [0.717, 1.165) is 6.54 Å². The summed E-state index contributed by atoms with van der Waals surface area (Å²) in [5, 5.41) is 12.2. The maximum atomic E-state index is 13.6. The monoisotopic (exact) mass is 265 g/mol. The van der Waals surface area contributed by atoms with Crippen LogP contribution in [0.2, 0.25) is 0 Å². The van der Waals surface area contributed by atoms with Crippen LogP contribution in [0.5, 0.6) is 0 Å². The van der Waals surface area contributed by atoms with E-state index in [-0.39, 0.29) is 11.4 Å². The number of aromatic carboxylic acids is 1. The second-order valence-corrected chi connectivity index (χ2v) is 5.73. The lowest BCUT2D eigenvalue weighted by Gasteiger charge is -2.23. The standard InChI is InChI=1S/C15H20FNO2/c1-15(6-2-3-7-15)10-17-9-12-8-11(14(18)19)4-5-13(12)16/h4-5,8,17H,2-3,6-7,9-10H2,1H3,(H,18,19). The summed E-state index contributed by atoms with van der Waals surface area (Å²) in [5.41, 5.74) is 0.854. The Morgan fingerprint density at radius 2 is 2.11 bits per heavy atom. The first-order valence-electron chi connectivity index (χ1n) is 6.73. The zero-order valence-corrected chi connectivity index (χ0v) is 11.2. The molecule has 1 aromatic rings. The summed E-state index contributed by atoms with van der Waals surface area (Å²) in [6.07, 6.45) is 4.94. The highest BCUT2D eigenvalue weighted by molar-refractivity contribution is 5.87. The van der Waals surface area contributed by atoms with Crippen LogP contribution in [0.3, 0.4) is 0 Å². The van der Waals surface area contributed by atoms with Crippen molar-refractivity contribution < 1.29 is 14.3 Å². The van der Waals surface area contributed by atoms with E-state index in [9.17, 15) is 9.18 Å². The van der Waals surface area contributed by atoms with E-state index in [1.54, 1.807) is 0 Å². The number of carbonyl (C=O) groups is 1. The predicted octanol–water partition coefficient (Wildman–Crippen LogP) is 3.19. The van der Waals surface area contributed by atoms with Gasteiger partial charge in [-0.05, 0) is 36.5 Å². The van der Waals surface area contributed by atoms with Gasteiger partial charge in [0, 0.05) is 18.7 Å². The summed E-state index contributed by atoms with van der Waals surface area (Å²) in [4.78, 5) is 10.9. The van der Waals surface area contributed by atoms with E-state index in [0.29, 0.717) is 17.5 Å². The third kappa shape index (κ3) is 3.53. The molecule has 0 radical (unpaired) electrons. The number of rotatable bonds is 5. The molecule has 0 amide bonds. The average Bonchev–Trinajstić information content (AvgIpc) is 2.78. The first kappa shape index (κ1) is 14.0. The van der Waals surface area contributed by atoms with E-state index in [2.05, 4.69) is 12.2 Å². The number of carboxylic acids is 1. The van der Waals surface area contributed by atoms with Gasteiger partial charge in [-0.1, -0.05) is 19.8 Å². The molecular weight excluding hydrogens is 245 g/mol. The molecule has 0 spiro atoms. The molecule has 1 aliphatic rings. The van der Waals surface area contributed by atoms with Crippen LogP contribution in [0.1, 0.15) is 48.5 Å². The van der Waals surface area contributed by atoms with Crippen molar-refractivity contribution in [3.8, 4) is 0 Å². The van der Waals surface area contributed by atoms with Gasteiger partial charge in [-0.15, -0.1) is 0 Å². The zero-order valence-electron chi connectivity index (χ0n) is 11.2. The average molecular weight is 265 g/mol. The Bertz CT molecular complexity index is 467. The second-order valence-electron chi connectivity index (χ2n) is 5.73. The van der Waals surface area contributed by atoms with Crippen molar-refractivity contribution in [2.75, 3.05) is 6.54 Å². The Balaban J connectivity index is 1.95. The van der Waals surface area contributed by atoms with Gasteiger partial charge >= 0.3 is 5.97 Å². The Hall–Kier alpha value is -1.42. The molecule has 0 aliphatic heterocycles. The van der Waals surface area contributed by atoms with Crippen molar-refractivity contribution in [1.82, 2.24) is 5.32 Å². The number of nitrogens with one attached hydrogen (secondary N) is 1. The number of benzene rings is 1. The van der Waals surface area contributed by atoms with Crippen molar-refractivity contribution in [2.24, 2.45) is 5.41 Å². The lowest BCUT2D eigenvalue weighted by atomic mass is 9.89. The van der Waals surface area contributed by atoms with Crippen molar-refractivity contribution in [3.63, 3.8) is 0 Å². The molecule has 4 heteroatoms. The molecule has 3 nitrogen and oxygen atoms in total. The Kier molecular flexibility index (Phi) is 4.20. The molecule has 0 heterocycles. The molecule has 2 rings (SSSR count). The highest BCUT2D eigenvalue weighted by Gasteiger charge is 2.27. The quantitative estimate of drug-likeness (QED) is 0.859. The maximum Gasteiger partial charge on any atom is 0.335 e. The normalized spacial score (nSPS) is 17.6. The van der Waals surface area contributed by atoms with Crippen LogP contribution in [0.15, 0.2) is 18.2 Å². The highest BCUT2D eigenvalue weighted by Crippen LogP contribution is 2.36.